The van der Waals surface area contributed by atoms with Gasteiger partial charge in [0.15, 0.2) is 0 Å². The van der Waals surface area contributed by atoms with Crippen LogP contribution >= 0.6 is 0 Å². The standard InChI is InChI=1S/C12H14N3/c1-10(11-6-4-3-5-7-11)8-12-14-13-9-15(12)2/h3-6,9-10H,8H2,1-2H3/t10-/m1/s1. The molecule has 0 spiro atoms. The van der Waals surface area contributed by atoms with Crippen LogP contribution < -0.4 is 0 Å². The molecule has 3 heteroatoms. The third-order valence-electron chi connectivity index (χ3n) is 2.56. The summed E-state index contributed by atoms with van der Waals surface area (Å²) >= 11 is 0. The number of benzene rings is 1. The molecule has 0 aliphatic heterocycles. The molecule has 1 atom stereocenters. The molecule has 0 saturated heterocycles. The quantitative estimate of drug-likeness (QED) is 0.758. The Morgan fingerprint density at radius 3 is 2.93 bits per heavy atom. The molecule has 2 aromatic rings. The minimum absolute atomic E-state index is 0.425. The molecule has 77 valence electrons. The van der Waals surface area contributed by atoms with Crippen LogP contribution in [0.25, 0.3) is 0 Å². The summed E-state index contributed by atoms with van der Waals surface area (Å²) in [6, 6.07) is 11.3. The zero-order valence-corrected chi connectivity index (χ0v) is 9.01. The fourth-order valence-electron chi connectivity index (χ4n) is 1.59. The van der Waals surface area contributed by atoms with E-state index in [0.717, 1.165) is 12.2 Å². The highest BCUT2D eigenvalue weighted by Gasteiger charge is 2.09. The summed E-state index contributed by atoms with van der Waals surface area (Å²) in [6.07, 6.45) is 2.63. The van der Waals surface area contributed by atoms with E-state index in [2.05, 4.69) is 29.3 Å². The molecule has 1 aromatic heterocycles. The van der Waals surface area contributed by atoms with Gasteiger partial charge in [-0.3, -0.25) is 0 Å². The van der Waals surface area contributed by atoms with Crippen LogP contribution in [0.5, 0.6) is 0 Å². The summed E-state index contributed by atoms with van der Waals surface area (Å²) in [5.74, 6) is 1.44. The van der Waals surface area contributed by atoms with Gasteiger partial charge in [0, 0.05) is 13.5 Å². The van der Waals surface area contributed by atoms with E-state index >= 15 is 0 Å². The van der Waals surface area contributed by atoms with Crippen LogP contribution in [-0.2, 0) is 13.5 Å². The smallest absolute Gasteiger partial charge is 0.133 e. The van der Waals surface area contributed by atoms with Crippen molar-refractivity contribution in [3.05, 3.63) is 48.0 Å². The molecule has 15 heavy (non-hydrogen) atoms. The van der Waals surface area contributed by atoms with E-state index in [1.54, 1.807) is 6.33 Å². The normalized spacial score (nSPS) is 12.7. The minimum Gasteiger partial charge on any atom is -0.321 e. The number of hydrogen-bond acceptors (Lipinski definition) is 2. The third-order valence-corrected chi connectivity index (χ3v) is 2.56. The number of nitrogens with zero attached hydrogens (tertiary/aromatic N) is 3. The van der Waals surface area contributed by atoms with Crippen molar-refractivity contribution in [1.29, 1.82) is 0 Å². The van der Waals surface area contributed by atoms with Crippen molar-refractivity contribution in [2.24, 2.45) is 7.05 Å². The molecule has 0 aliphatic carbocycles. The summed E-state index contributed by atoms with van der Waals surface area (Å²) < 4.78 is 1.96. The summed E-state index contributed by atoms with van der Waals surface area (Å²) in [7, 11) is 1.97. The third kappa shape index (κ3) is 2.24. The van der Waals surface area contributed by atoms with E-state index in [-0.39, 0.29) is 0 Å². The molecule has 0 aliphatic rings. The molecular formula is C12H14N3. The van der Waals surface area contributed by atoms with E-state index in [0.29, 0.717) is 5.92 Å². The van der Waals surface area contributed by atoms with Crippen LogP contribution in [0.1, 0.15) is 24.2 Å². The second kappa shape index (κ2) is 4.26. The zero-order chi connectivity index (χ0) is 10.7. The van der Waals surface area contributed by atoms with E-state index in [1.807, 2.05) is 29.8 Å². The monoisotopic (exact) mass is 200 g/mol. The summed E-state index contributed by atoms with van der Waals surface area (Å²) in [5.41, 5.74) is 1.22. The molecule has 1 aromatic carbocycles. The maximum absolute atomic E-state index is 4.08. The van der Waals surface area contributed by atoms with Gasteiger partial charge >= 0.3 is 0 Å². The second-order valence-electron chi connectivity index (χ2n) is 3.78. The first kappa shape index (κ1) is 9.90. The van der Waals surface area contributed by atoms with Crippen LogP contribution in [-0.4, -0.2) is 14.8 Å². The van der Waals surface area contributed by atoms with Gasteiger partial charge in [-0.05, 0) is 17.5 Å². The predicted molar refractivity (Wildman–Crippen MR) is 58.4 cm³/mol. The molecular weight excluding hydrogens is 186 g/mol. The molecule has 2 rings (SSSR count). The van der Waals surface area contributed by atoms with Crippen molar-refractivity contribution >= 4 is 0 Å². The van der Waals surface area contributed by atoms with Gasteiger partial charge < -0.3 is 4.57 Å². The Kier molecular flexibility index (Phi) is 2.81. The molecule has 0 saturated carbocycles. The SMILES string of the molecule is C[C@H](Cc1nncn1C)c1[c]cccc1. The lowest BCUT2D eigenvalue weighted by Crippen LogP contribution is -2.04. The number of rotatable bonds is 3. The van der Waals surface area contributed by atoms with Gasteiger partial charge in [-0.15, -0.1) is 10.2 Å². The van der Waals surface area contributed by atoms with Crippen LogP contribution in [0.4, 0.5) is 0 Å². The Balaban J connectivity index is 2.11. The van der Waals surface area contributed by atoms with E-state index in [9.17, 15) is 0 Å². The molecule has 0 fully saturated rings. The van der Waals surface area contributed by atoms with Crippen molar-refractivity contribution < 1.29 is 0 Å². The van der Waals surface area contributed by atoms with Gasteiger partial charge in [0.1, 0.15) is 12.2 Å². The van der Waals surface area contributed by atoms with Crippen molar-refractivity contribution in [2.45, 2.75) is 19.3 Å². The lowest BCUT2D eigenvalue weighted by Gasteiger charge is -2.10. The first-order chi connectivity index (χ1) is 7.27. The topological polar surface area (TPSA) is 30.7 Å². The highest BCUT2D eigenvalue weighted by atomic mass is 15.2. The molecule has 0 N–H and O–H groups in total. The summed E-state index contributed by atoms with van der Waals surface area (Å²) in [4.78, 5) is 0. The highest BCUT2D eigenvalue weighted by Crippen LogP contribution is 2.17. The Bertz CT molecular complexity index is 419. The maximum atomic E-state index is 4.08. The summed E-state index contributed by atoms with van der Waals surface area (Å²) in [5, 5.41) is 7.95. The number of hydrogen-bond donors (Lipinski definition) is 0. The lowest BCUT2D eigenvalue weighted by molar-refractivity contribution is 0.680. The van der Waals surface area contributed by atoms with Crippen LogP contribution in [0.15, 0.2) is 30.6 Å². The van der Waals surface area contributed by atoms with Gasteiger partial charge in [-0.2, -0.15) is 0 Å². The van der Waals surface area contributed by atoms with Crippen molar-refractivity contribution in [3.63, 3.8) is 0 Å². The van der Waals surface area contributed by atoms with Crippen LogP contribution in [0.3, 0.4) is 0 Å². The Labute approximate surface area is 89.8 Å². The Morgan fingerprint density at radius 2 is 2.33 bits per heavy atom. The van der Waals surface area contributed by atoms with Crippen molar-refractivity contribution in [2.75, 3.05) is 0 Å². The fourth-order valence-corrected chi connectivity index (χ4v) is 1.59. The first-order valence-corrected chi connectivity index (χ1v) is 5.07. The maximum Gasteiger partial charge on any atom is 0.133 e. The lowest BCUT2D eigenvalue weighted by atomic mass is 9.98. The first-order valence-electron chi connectivity index (χ1n) is 5.07. The average Bonchev–Trinajstić information content (AvgIpc) is 2.66. The average molecular weight is 200 g/mol. The van der Waals surface area contributed by atoms with E-state index in [4.69, 9.17) is 0 Å². The van der Waals surface area contributed by atoms with Gasteiger partial charge in [0.05, 0.1) is 0 Å². The van der Waals surface area contributed by atoms with Gasteiger partial charge in [-0.1, -0.05) is 31.2 Å². The van der Waals surface area contributed by atoms with Gasteiger partial charge in [0.2, 0.25) is 0 Å². The van der Waals surface area contributed by atoms with Gasteiger partial charge in [0.25, 0.3) is 0 Å². The van der Waals surface area contributed by atoms with Crippen LogP contribution in [0.2, 0.25) is 0 Å². The summed E-state index contributed by atoms with van der Waals surface area (Å²) in [6.45, 7) is 2.18. The van der Waals surface area contributed by atoms with E-state index < -0.39 is 0 Å². The minimum atomic E-state index is 0.425. The number of aryl methyl sites for hydroxylation is 1. The molecule has 3 nitrogen and oxygen atoms in total. The Morgan fingerprint density at radius 1 is 1.47 bits per heavy atom. The van der Waals surface area contributed by atoms with Gasteiger partial charge in [-0.25, -0.2) is 0 Å². The van der Waals surface area contributed by atoms with E-state index in [1.165, 1.54) is 5.56 Å². The molecule has 1 heterocycles. The molecule has 0 bridgehead atoms. The zero-order valence-electron chi connectivity index (χ0n) is 9.01. The Hall–Kier alpha value is -1.64. The predicted octanol–water partition coefficient (Wildman–Crippen LogP) is 1.96. The van der Waals surface area contributed by atoms with Crippen LogP contribution in [0, 0.1) is 6.07 Å². The number of aromatic nitrogens is 3. The highest BCUT2D eigenvalue weighted by molar-refractivity contribution is 5.18. The van der Waals surface area contributed by atoms with Crippen molar-refractivity contribution in [3.8, 4) is 0 Å². The largest absolute Gasteiger partial charge is 0.321 e. The molecule has 0 unspecified atom stereocenters. The molecule has 0 amide bonds. The fraction of sp³-hybridized carbons (Fsp3) is 0.333. The second-order valence-corrected chi connectivity index (χ2v) is 3.78. The molecule has 1 radical (unpaired) electrons. The van der Waals surface area contributed by atoms with Crippen molar-refractivity contribution in [1.82, 2.24) is 14.8 Å².